The van der Waals surface area contributed by atoms with E-state index in [-0.39, 0.29) is 18.4 Å². The topological polar surface area (TPSA) is 97.1 Å². The molecule has 7 heteroatoms. The van der Waals surface area contributed by atoms with E-state index in [1.807, 2.05) is 0 Å². The third kappa shape index (κ3) is 4.13. The van der Waals surface area contributed by atoms with Crippen molar-refractivity contribution in [3.8, 4) is 5.82 Å². The second-order valence-corrected chi connectivity index (χ2v) is 4.68. The number of rotatable bonds is 6. The summed E-state index contributed by atoms with van der Waals surface area (Å²) in [4.78, 5) is 30.6. The highest BCUT2D eigenvalue weighted by Crippen LogP contribution is 2.06. The lowest BCUT2D eigenvalue weighted by atomic mass is 10.1. The van der Waals surface area contributed by atoms with Crippen LogP contribution >= 0.6 is 0 Å². The summed E-state index contributed by atoms with van der Waals surface area (Å²) in [7, 11) is 0. The summed E-state index contributed by atoms with van der Waals surface area (Å²) < 4.78 is 1.73. The van der Waals surface area contributed by atoms with E-state index < -0.39 is 5.97 Å². The second-order valence-electron chi connectivity index (χ2n) is 4.68. The molecule has 1 amide bonds. The molecule has 0 bridgehead atoms. The van der Waals surface area contributed by atoms with E-state index in [0.29, 0.717) is 17.8 Å². The number of carbonyl (C=O) groups is 2. The molecule has 0 radical (unpaired) electrons. The highest BCUT2D eigenvalue weighted by atomic mass is 16.4. The third-order valence-corrected chi connectivity index (χ3v) is 2.95. The molecule has 0 aromatic carbocycles. The first-order chi connectivity index (χ1) is 10.1. The van der Waals surface area contributed by atoms with Crippen molar-refractivity contribution in [1.82, 2.24) is 19.9 Å². The van der Waals surface area contributed by atoms with Crippen LogP contribution in [-0.4, -0.2) is 37.6 Å². The molecule has 2 aromatic rings. The molecule has 21 heavy (non-hydrogen) atoms. The summed E-state index contributed by atoms with van der Waals surface area (Å²) >= 11 is 0. The minimum absolute atomic E-state index is 0.0270. The van der Waals surface area contributed by atoms with E-state index in [9.17, 15) is 9.59 Å². The van der Waals surface area contributed by atoms with Gasteiger partial charge in [0.15, 0.2) is 0 Å². The Balaban J connectivity index is 1.95. The Bertz CT molecular complexity index is 608. The van der Waals surface area contributed by atoms with Gasteiger partial charge >= 0.3 is 5.97 Å². The standard InChI is InChI=1S/C14H16N4O3/c1-10(2-5-13(19)20)17-14(21)11-3-4-12(16-8-11)18-7-6-15-9-18/h3-4,6-10H,2,5H2,1H3,(H,17,21)(H,19,20). The van der Waals surface area contributed by atoms with Crippen molar-refractivity contribution in [2.24, 2.45) is 0 Å². The van der Waals surface area contributed by atoms with Crippen LogP contribution < -0.4 is 5.32 Å². The quantitative estimate of drug-likeness (QED) is 0.833. The van der Waals surface area contributed by atoms with Gasteiger partial charge in [0.1, 0.15) is 12.1 Å². The lowest BCUT2D eigenvalue weighted by Crippen LogP contribution is -2.33. The van der Waals surface area contributed by atoms with E-state index in [0.717, 1.165) is 0 Å². The predicted octanol–water partition coefficient (Wildman–Crippen LogP) is 1.25. The number of nitrogens with one attached hydrogen (secondary N) is 1. The molecule has 0 aliphatic heterocycles. The normalized spacial score (nSPS) is 11.9. The van der Waals surface area contributed by atoms with Crippen LogP contribution in [0.4, 0.5) is 0 Å². The van der Waals surface area contributed by atoms with Crippen molar-refractivity contribution in [3.05, 3.63) is 42.6 Å². The van der Waals surface area contributed by atoms with Gasteiger partial charge in [0.2, 0.25) is 0 Å². The van der Waals surface area contributed by atoms with Crippen molar-refractivity contribution >= 4 is 11.9 Å². The molecule has 2 aromatic heterocycles. The average molecular weight is 288 g/mol. The van der Waals surface area contributed by atoms with Crippen LogP contribution in [0.2, 0.25) is 0 Å². The van der Waals surface area contributed by atoms with Gasteiger partial charge < -0.3 is 10.4 Å². The number of nitrogens with zero attached hydrogens (tertiary/aromatic N) is 3. The van der Waals surface area contributed by atoms with Gasteiger partial charge in [-0.1, -0.05) is 0 Å². The summed E-state index contributed by atoms with van der Waals surface area (Å²) in [6.07, 6.45) is 6.92. The SMILES string of the molecule is CC(CCC(=O)O)NC(=O)c1ccc(-n2ccnc2)nc1. The van der Waals surface area contributed by atoms with E-state index in [1.165, 1.54) is 6.20 Å². The van der Waals surface area contributed by atoms with Gasteiger partial charge in [0.05, 0.1) is 5.56 Å². The van der Waals surface area contributed by atoms with Crippen molar-refractivity contribution in [3.63, 3.8) is 0 Å². The van der Waals surface area contributed by atoms with E-state index in [1.54, 1.807) is 42.3 Å². The summed E-state index contributed by atoms with van der Waals surface area (Å²) in [5.41, 5.74) is 0.432. The Morgan fingerprint density at radius 1 is 1.43 bits per heavy atom. The molecule has 1 unspecified atom stereocenters. The van der Waals surface area contributed by atoms with Gasteiger partial charge in [-0.2, -0.15) is 0 Å². The molecule has 0 spiro atoms. The highest BCUT2D eigenvalue weighted by Gasteiger charge is 2.11. The number of imidazole rings is 1. The fourth-order valence-corrected chi connectivity index (χ4v) is 1.79. The molecule has 2 N–H and O–H groups in total. The number of aliphatic carboxylic acids is 1. The molecule has 0 aliphatic rings. The monoisotopic (exact) mass is 288 g/mol. The van der Waals surface area contributed by atoms with Crippen LogP contribution in [-0.2, 0) is 4.79 Å². The number of carboxylic acids is 1. The lowest BCUT2D eigenvalue weighted by Gasteiger charge is -2.12. The lowest BCUT2D eigenvalue weighted by molar-refractivity contribution is -0.137. The molecular weight excluding hydrogens is 272 g/mol. The average Bonchev–Trinajstić information content (AvgIpc) is 2.99. The molecule has 0 saturated heterocycles. The number of carboxylic acid groups (broad SMARTS) is 1. The maximum absolute atomic E-state index is 12.0. The van der Waals surface area contributed by atoms with Crippen molar-refractivity contribution in [1.29, 1.82) is 0 Å². The molecule has 2 heterocycles. The zero-order chi connectivity index (χ0) is 15.2. The van der Waals surface area contributed by atoms with Crippen LogP contribution in [0.1, 0.15) is 30.1 Å². The van der Waals surface area contributed by atoms with Crippen LogP contribution in [0.3, 0.4) is 0 Å². The van der Waals surface area contributed by atoms with E-state index in [2.05, 4.69) is 15.3 Å². The van der Waals surface area contributed by atoms with Crippen molar-refractivity contribution < 1.29 is 14.7 Å². The van der Waals surface area contributed by atoms with Gasteiger partial charge in [0.25, 0.3) is 5.91 Å². The summed E-state index contributed by atoms with van der Waals surface area (Å²) in [6, 6.07) is 3.18. The van der Waals surface area contributed by atoms with Crippen molar-refractivity contribution in [2.75, 3.05) is 0 Å². The first-order valence-corrected chi connectivity index (χ1v) is 6.53. The molecule has 2 rings (SSSR count). The molecule has 0 saturated carbocycles. The zero-order valence-corrected chi connectivity index (χ0v) is 11.6. The van der Waals surface area contributed by atoms with Crippen LogP contribution in [0.15, 0.2) is 37.1 Å². The van der Waals surface area contributed by atoms with Gasteiger partial charge in [-0.05, 0) is 25.5 Å². The highest BCUT2D eigenvalue weighted by molar-refractivity contribution is 5.94. The van der Waals surface area contributed by atoms with Gasteiger partial charge in [-0.15, -0.1) is 0 Å². The van der Waals surface area contributed by atoms with Crippen LogP contribution in [0, 0.1) is 0 Å². The summed E-state index contributed by atoms with van der Waals surface area (Å²) in [6.45, 7) is 1.77. The number of aromatic nitrogens is 3. The van der Waals surface area contributed by atoms with E-state index >= 15 is 0 Å². The first kappa shape index (κ1) is 14.7. The number of amides is 1. The Hall–Kier alpha value is -2.70. The Labute approximate surface area is 121 Å². The second kappa shape index (κ2) is 6.65. The van der Waals surface area contributed by atoms with E-state index in [4.69, 9.17) is 5.11 Å². The molecule has 7 nitrogen and oxygen atoms in total. The first-order valence-electron chi connectivity index (χ1n) is 6.53. The molecule has 0 fully saturated rings. The fraction of sp³-hybridized carbons (Fsp3) is 0.286. The molecule has 1 atom stereocenters. The molecular formula is C14H16N4O3. The van der Waals surface area contributed by atoms with Gasteiger partial charge in [-0.25, -0.2) is 9.97 Å². The van der Waals surface area contributed by atoms with Crippen LogP contribution in [0.25, 0.3) is 5.82 Å². The maximum Gasteiger partial charge on any atom is 0.303 e. The number of pyridine rings is 1. The Morgan fingerprint density at radius 2 is 2.24 bits per heavy atom. The Kier molecular flexibility index (Phi) is 4.65. The molecule has 110 valence electrons. The largest absolute Gasteiger partial charge is 0.481 e. The predicted molar refractivity (Wildman–Crippen MR) is 75.2 cm³/mol. The van der Waals surface area contributed by atoms with Gasteiger partial charge in [-0.3, -0.25) is 14.2 Å². The Morgan fingerprint density at radius 3 is 2.81 bits per heavy atom. The number of hydrogen-bond acceptors (Lipinski definition) is 4. The minimum Gasteiger partial charge on any atom is -0.481 e. The third-order valence-electron chi connectivity index (χ3n) is 2.95. The molecule has 0 aliphatic carbocycles. The smallest absolute Gasteiger partial charge is 0.303 e. The summed E-state index contributed by atoms with van der Waals surface area (Å²) in [5, 5.41) is 11.3. The fourth-order valence-electron chi connectivity index (χ4n) is 1.79. The van der Waals surface area contributed by atoms with Gasteiger partial charge in [0, 0.05) is 31.1 Å². The summed E-state index contributed by atoms with van der Waals surface area (Å²) in [5.74, 6) is -0.469. The zero-order valence-electron chi connectivity index (χ0n) is 11.6. The van der Waals surface area contributed by atoms with Crippen LogP contribution in [0.5, 0.6) is 0 Å². The number of hydrogen-bond donors (Lipinski definition) is 2. The maximum atomic E-state index is 12.0. The minimum atomic E-state index is -0.873. The van der Waals surface area contributed by atoms with Crippen molar-refractivity contribution in [2.45, 2.75) is 25.8 Å². The number of carbonyl (C=O) groups excluding carboxylic acids is 1.